The van der Waals surface area contributed by atoms with Crippen LogP contribution < -0.4 is 5.73 Å². The number of ether oxygens (including phenoxy) is 1. The van der Waals surface area contributed by atoms with Gasteiger partial charge in [-0.2, -0.15) is 0 Å². The lowest BCUT2D eigenvalue weighted by Crippen LogP contribution is -2.18. The van der Waals surface area contributed by atoms with Gasteiger partial charge in [0.05, 0.1) is 0 Å². The quantitative estimate of drug-likeness (QED) is 0.598. The van der Waals surface area contributed by atoms with Gasteiger partial charge in [0.25, 0.3) is 0 Å². The van der Waals surface area contributed by atoms with Gasteiger partial charge < -0.3 is 10.5 Å². The second-order valence-corrected chi connectivity index (χ2v) is 3.68. The van der Waals surface area contributed by atoms with Crippen molar-refractivity contribution in [2.45, 2.75) is 33.1 Å². The maximum atomic E-state index is 5.58. The van der Waals surface area contributed by atoms with Crippen molar-refractivity contribution in [1.82, 2.24) is 0 Å². The maximum Gasteiger partial charge on any atom is 0.0462 e. The van der Waals surface area contributed by atoms with Gasteiger partial charge in [-0.1, -0.05) is 26.7 Å². The molecular weight excluding hydrogens is 150 g/mol. The predicted octanol–water partition coefficient (Wildman–Crippen LogP) is 2.03. The van der Waals surface area contributed by atoms with Crippen molar-refractivity contribution >= 4 is 0 Å². The number of rotatable bonds is 7. The van der Waals surface area contributed by atoms with Crippen LogP contribution in [0.1, 0.15) is 33.1 Å². The summed E-state index contributed by atoms with van der Waals surface area (Å²) < 4.78 is 4.99. The van der Waals surface area contributed by atoms with Crippen LogP contribution in [0.5, 0.6) is 0 Å². The van der Waals surface area contributed by atoms with Gasteiger partial charge in [0.2, 0.25) is 0 Å². The van der Waals surface area contributed by atoms with E-state index in [4.69, 9.17) is 10.5 Å². The Kier molecular flexibility index (Phi) is 7.51. The summed E-state index contributed by atoms with van der Waals surface area (Å²) in [4.78, 5) is 0. The van der Waals surface area contributed by atoms with Gasteiger partial charge in [0.1, 0.15) is 0 Å². The zero-order chi connectivity index (χ0) is 9.40. The summed E-state index contributed by atoms with van der Waals surface area (Å²) in [5.41, 5.74) is 5.58. The van der Waals surface area contributed by atoms with Crippen LogP contribution >= 0.6 is 0 Å². The molecule has 2 heteroatoms. The molecule has 0 aliphatic heterocycles. The third-order valence-electron chi connectivity index (χ3n) is 2.60. The summed E-state index contributed by atoms with van der Waals surface area (Å²) in [7, 11) is 1.76. The number of unbranched alkanes of at least 4 members (excludes halogenated alkanes) is 1. The summed E-state index contributed by atoms with van der Waals surface area (Å²) in [6.07, 6.45) is 3.72. The molecule has 0 aromatic heterocycles. The van der Waals surface area contributed by atoms with E-state index in [0.717, 1.165) is 19.1 Å². The average Bonchev–Trinajstić information content (AvgIpc) is 2.10. The van der Waals surface area contributed by atoms with Crippen molar-refractivity contribution in [2.24, 2.45) is 17.6 Å². The fourth-order valence-corrected chi connectivity index (χ4v) is 1.23. The van der Waals surface area contributed by atoms with E-state index in [1.54, 1.807) is 7.11 Å². The first-order chi connectivity index (χ1) is 5.72. The SMILES string of the molecule is COCCCCC(C)C(C)CN. The number of nitrogens with two attached hydrogens (primary N) is 1. The molecule has 0 saturated carbocycles. The molecule has 0 amide bonds. The second-order valence-electron chi connectivity index (χ2n) is 3.68. The first-order valence-corrected chi connectivity index (χ1v) is 4.91. The molecule has 0 fully saturated rings. The van der Waals surface area contributed by atoms with Crippen LogP contribution in [0.2, 0.25) is 0 Å². The van der Waals surface area contributed by atoms with Crippen LogP contribution in [0.25, 0.3) is 0 Å². The molecule has 12 heavy (non-hydrogen) atoms. The first kappa shape index (κ1) is 11.9. The Morgan fingerprint density at radius 3 is 2.33 bits per heavy atom. The van der Waals surface area contributed by atoms with Crippen molar-refractivity contribution in [3.63, 3.8) is 0 Å². The smallest absolute Gasteiger partial charge is 0.0462 e. The third-order valence-corrected chi connectivity index (χ3v) is 2.60. The molecule has 2 nitrogen and oxygen atoms in total. The molecule has 0 radical (unpaired) electrons. The molecule has 2 N–H and O–H groups in total. The molecule has 0 bridgehead atoms. The Labute approximate surface area is 76.5 Å². The lowest BCUT2D eigenvalue weighted by Gasteiger charge is -2.17. The van der Waals surface area contributed by atoms with Gasteiger partial charge in [-0.05, 0) is 24.8 Å². The molecule has 2 unspecified atom stereocenters. The van der Waals surface area contributed by atoms with Crippen molar-refractivity contribution in [1.29, 1.82) is 0 Å². The number of hydrogen-bond acceptors (Lipinski definition) is 2. The van der Waals surface area contributed by atoms with Gasteiger partial charge in [0.15, 0.2) is 0 Å². The molecule has 2 atom stereocenters. The third kappa shape index (κ3) is 5.56. The van der Waals surface area contributed by atoms with Crippen LogP contribution in [0, 0.1) is 11.8 Å². The molecule has 0 heterocycles. The minimum absolute atomic E-state index is 0.660. The second kappa shape index (κ2) is 7.56. The summed E-state index contributed by atoms with van der Waals surface area (Å²) >= 11 is 0. The number of methoxy groups -OCH3 is 1. The van der Waals surface area contributed by atoms with Crippen molar-refractivity contribution in [3.05, 3.63) is 0 Å². The fraction of sp³-hybridized carbons (Fsp3) is 1.00. The molecule has 74 valence electrons. The lowest BCUT2D eigenvalue weighted by atomic mass is 9.91. The largest absolute Gasteiger partial charge is 0.385 e. The van der Waals surface area contributed by atoms with E-state index in [0.29, 0.717) is 5.92 Å². The summed E-state index contributed by atoms with van der Waals surface area (Å²) in [5.74, 6) is 1.42. The van der Waals surface area contributed by atoms with Crippen LogP contribution in [0.3, 0.4) is 0 Å². The van der Waals surface area contributed by atoms with Gasteiger partial charge in [-0.15, -0.1) is 0 Å². The van der Waals surface area contributed by atoms with Crippen LogP contribution in [0.15, 0.2) is 0 Å². The van der Waals surface area contributed by atoms with E-state index in [1.807, 2.05) is 0 Å². The van der Waals surface area contributed by atoms with Crippen molar-refractivity contribution in [2.75, 3.05) is 20.3 Å². The fourth-order valence-electron chi connectivity index (χ4n) is 1.23. The lowest BCUT2D eigenvalue weighted by molar-refractivity contribution is 0.188. The van der Waals surface area contributed by atoms with E-state index in [2.05, 4.69) is 13.8 Å². The van der Waals surface area contributed by atoms with Gasteiger partial charge in [-0.3, -0.25) is 0 Å². The topological polar surface area (TPSA) is 35.2 Å². The normalized spacial score (nSPS) is 16.0. The van der Waals surface area contributed by atoms with E-state index < -0.39 is 0 Å². The molecule has 0 rings (SSSR count). The Morgan fingerprint density at radius 1 is 1.17 bits per heavy atom. The molecule has 0 saturated heterocycles. The molecule has 0 aliphatic rings. The van der Waals surface area contributed by atoms with E-state index >= 15 is 0 Å². The Hall–Kier alpha value is -0.0800. The van der Waals surface area contributed by atoms with E-state index in [1.165, 1.54) is 19.3 Å². The highest BCUT2D eigenvalue weighted by Crippen LogP contribution is 2.16. The highest BCUT2D eigenvalue weighted by atomic mass is 16.5. The summed E-state index contributed by atoms with van der Waals surface area (Å²) in [6, 6.07) is 0. The molecule has 0 aromatic rings. The van der Waals surface area contributed by atoms with E-state index in [-0.39, 0.29) is 0 Å². The first-order valence-electron chi connectivity index (χ1n) is 4.91. The highest BCUT2D eigenvalue weighted by Gasteiger charge is 2.09. The zero-order valence-corrected chi connectivity index (χ0v) is 8.68. The highest BCUT2D eigenvalue weighted by molar-refractivity contribution is 4.62. The van der Waals surface area contributed by atoms with Crippen LogP contribution in [-0.4, -0.2) is 20.3 Å². The standard InChI is InChI=1S/C10H23NO/c1-9(10(2)8-11)6-4-5-7-12-3/h9-10H,4-8,11H2,1-3H3. The molecule has 0 spiro atoms. The Balaban J connectivity index is 3.24. The Bertz CT molecular complexity index is 95.8. The van der Waals surface area contributed by atoms with Crippen LogP contribution in [-0.2, 0) is 4.74 Å². The molecule has 0 aromatic carbocycles. The van der Waals surface area contributed by atoms with Crippen LogP contribution in [0.4, 0.5) is 0 Å². The zero-order valence-electron chi connectivity index (χ0n) is 8.68. The monoisotopic (exact) mass is 173 g/mol. The minimum Gasteiger partial charge on any atom is -0.385 e. The molecular formula is C10H23NO. The van der Waals surface area contributed by atoms with Gasteiger partial charge in [0, 0.05) is 13.7 Å². The van der Waals surface area contributed by atoms with Crippen molar-refractivity contribution < 1.29 is 4.74 Å². The Morgan fingerprint density at radius 2 is 1.83 bits per heavy atom. The van der Waals surface area contributed by atoms with Gasteiger partial charge in [-0.25, -0.2) is 0 Å². The van der Waals surface area contributed by atoms with E-state index in [9.17, 15) is 0 Å². The summed E-state index contributed by atoms with van der Waals surface area (Å²) in [5, 5.41) is 0. The molecule has 0 aliphatic carbocycles. The predicted molar refractivity (Wildman–Crippen MR) is 53.1 cm³/mol. The average molecular weight is 173 g/mol. The summed E-state index contributed by atoms with van der Waals surface area (Å²) in [6.45, 7) is 6.21. The van der Waals surface area contributed by atoms with Crippen molar-refractivity contribution in [3.8, 4) is 0 Å². The maximum absolute atomic E-state index is 5.58. The van der Waals surface area contributed by atoms with Gasteiger partial charge >= 0.3 is 0 Å². The minimum atomic E-state index is 0.660. The number of hydrogen-bond donors (Lipinski definition) is 1.